The van der Waals surface area contributed by atoms with Crippen molar-refractivity contribution in [3.63, 3.8) is 0 Å². The summed E-state index contributed by atoms with van der Waals surface area (Å²) in [5.41, 5.74) is 11.2. The average molecular weight is 1800 g/mol. The van der Waals surface area contributed by atoms with Gasteiger partial charge in [0, 0.05) is 132 Å². The third-order valence-electron chi connectivity index (χ3n) is 18.0. The second-order valence-corrected chi connectivity index (χ2v) is 45.9. The molecule has 129 heavy (non-hydrogen) atoms. The van der Waals surface area contributed by atoms with Gasteiger partial charge in [0.15, 0.2) is 0 Å². The number of primary amides is 1. The van der Waals surface area contributed by atoms with Crippen molar-refractivity contribution in [1.29, 1.82) is 0 Å². The molecule has 0 aliphatic carbocycles. The fourth-order valence-corrected chi connectivity index (χ4v) is 12.8. The Bertz CT molecular complexity index is 4400. The number of amides is 8. The zero-order valence-electron chi connectivity index (χ0n) is 86.6. The zero-order valence-corrected chi connectivity index (χ0v) is 86.6. The highest BCUT2D eigenvalue weighted by Gasteiger charge is 2.30. The van der Waals surface area contributed by atoms with Crippen LogP contribution < -0.4 is 11.1 Å². The molecule has 0 atom stereocenters. The SMILES string of the molecule is CCN(CC)C(=O)c1cc(COC(C)(C)C)cc(C(=O)O)c1.CN(CC(C)(C)C)C(=O)c1cc(COC(C)(C)C)cc(C(=O)N(C)CC(C)(C)C)c1.CN(CC(C)(C)C)C(=O)c1cc(COC(C)(C)C)cc(C(=O)NCC(C)(C)C)c1.CN(CC(C)(C)C)C(=O)c1cc(COC(C)(C)C)cc(C(=O)O)c1.CN(CC(C)(C)C)C(=O)c1cc(COC(C)(C)C)cc(C(N)=O)c1. The highest BCUT2D eigenvalue weighted by atomic mass is 16.5. The van der Waals surface area contributed by atoms with Crippen molar-refractivity contribution < 1.29 is 81.8 Å². The van der Waals surface area contributed by atoms with Crippen LogP contribution in [0.4, 0.5) is 0 Å². The van der Waals surface area contributed by atoms with Gasteiger partial charge in [0.05, 0.1) is 72.2 Å². The molecule has 5 rings (SSSR count). The minimum atomic E-state index is -1.06. The molecule has 8 amide bonds. The molecule has 25 heteroatoms. The summed E-state index contributed by atoms with van der Waals surface area (Å²) >= 11 is 0. The van der Waals surface area contributed by atoms with E-state index in [0.29, 0.717) is 128 Å². The first-order valence-corrected chi connectivity index (χ1v) is 44.6. The zero-order chi connectivity index (χ0) is 100. The lowest BCUT2D eigenvalue weighted by Gasteiger charge is -2.28. The quantitative estimate of drug-likeness (QED) is 0.0361. The van der Waals surface area contributed by atoms with Crippen LogP contribution in [0.1, 0.15) is 374 Å². The number of rotatable bonds is 28. The smallest absolute Gasteiger partial charge is 0.335 e. The fourth-order valence-electron chi connectivity index (χ4n) is 12.8. The van der Waals surface area contributed by atoms with E-state index < -0.39 is 17.8 Å². The van der Waals surface area contributed by atoms with Crippen LogP contribution in [0, 0.1) is 32.5 Å². The molecular formula is C104H166N8O17. The lowest BCUT2D eigenvalue weighted by atomic mass is 9.95. The minimum absolute atomic E-state index is 0.00964. The molecular weight excluding hydrogens is 1630 g/mol. The van der Waals surface area contributed by atoms with Crippen molar-refractivity contribution in [2.24, 2.45) is 38.2 Å². The van der Waals surface area contributed by atoms with E-state index in [9.17, 15) is 58.2 Å². The topological polar surface area (TPSA) is 315 Å². The first kappa shape index (κ1) is 118. The summed E-state index contributed by atoms with van der Waals surface area (Å²) in [4.78, 5) is 134. The van der Waals surface area contributed by atoms with E-state index in [0.717, 1.165) is 16.7 Å². The molecule has 0 aliphatic heterocycles. The Morgan fingerprint density at radius 2 is 0.450 bits per heavy atom. The van der Waals surface area contributed by atoms with Gasteiger partial charge in [-0.2, -0.15) is 0 Å². The summed E-state index contributed by atoms with van der Waals surface area (Å²) in [6.45, 7) is 76.9. The number of carboxylic acid groups (broad SMARTS) is 2. The normalized spacial score (nSPS) is 12.2. The first-order valence-electron chi connectivity index (χ1n) is 44.6. The molecule has 0 radical (unpaired) electrons. The molecule has 25 nitrogen and oxygen atoms in total. The predicted molar refractivity (Wildman–Crippen MR) is 518 cm³/mol. The molecule has 724 valence electrons. The molecule has 5 aromatic rings. The molecule has 0 spiro atoms. The van der Waals surface area contributed by atoms with Gasteiger partial charge in [0.25, 0.3) is 41.4 Å². The van der Waals surface area contributed by atoms with Gasteiger partial charge in [-0.15, -0.1) is 0 Å². The number of hydrogen-bond donors (Lipinski definition) is 4. The van der Waals surface area contributed by atoms with E-state index in [2.05, 4.69) is 109 Å². The first-order chi connectivity index (χ1) is 58.1. The number of ether oxygens (including phenoxy) is 5. The number of carboxylic acids is 2. The third-order valence-corrected chi connectivity index (χ3v) is 18.0. The van der Waals surface area contributed by atoms with E-state index in [1.165, 1.54) is 12.1 Å². The number of carbonyl (C=O) groups excluding carboxylic acids is 8. The molecule has 5 N–H and O–H groups in total. The van der Waals surface area contributed by atoms with Gasteiger partial charge < -0.3 is 74.3 Å². The molecule has 0 heterocycles. The molecule has 0 saturated carbocycles. The van der Waals surface area contributed by atoms with E-state index in [4.69, 9.17) is 29.4 Å². The van der Waals surface area contributed by atoms with Crippen molar-refractivity contribution >= 4 is 59.2 Å². The maximum atomic E-state index is 13.1. The number of nitrogens with zero attached hydrogens (tertiary/aromatic N) is 6. The van der Waals surface area contributed by atoms with Crippen molar-refractivity contribution in [1.82, 2.24) is 34.7 Å². The molecule has 0 aromatic heterocycles. The van der Waals surface area contributed by atoms with Crippen LogP contribution >= 0.6 is 0 Å². The summed E-state index contributed by atoms with van der Waals surface area (Å²) in [6, 6.07) is 25.1. The number of carbonyl (C=O) groups is 10. The Labute approximate surface area is 775 Å². The van der Waals surface area contributed by atoms with Gasteiger partial charge in [-0.1, -0.05) is 125 Å². The minimum Gasteiger partial charge on any atom is -0.478 e. The average Bonchev–Trinajstić information content (AvgIpc) is 0.821. The van der Waals surface area contributed by atoms with E-state index in [1.54, 1.807) is 119 Å². The van der Waals surface area contributed by atoms with Crippen molar-refractivity contribution in [3.05, 3.63) is 174 Å². The predicted octanol–water partition coefficient (Wildman–Crippen LogP) is 20.4. The lowest BCUT2D eigenvalue weighted by molar-refractivity contribution is -0.0153. The number of nitrogens with one attached hydrogen (secondary N) is 1. The van der Waals surface area contributed by atoms with E-state index in [-0.39, 0.29) is 126 Å². The lowest BCUT2D eigenvalue weighted by Crippen LogP contribution is -2.36. The largest absolute Gasteiger partial charge is 0.478 e. The molecule has 0 fully saturated rings. The van der Waals surface area contributed by atoms with Crippen molar-refractivity contribution in [2.45, 2.75) is 303 Å². The summed E-state index contributed by atoms with van der Waals surface area (Å²) in [7, 11) is 8.89. The molecule has 5 aromatic carbocycles. The van der Waals surface area contributed by atoms with E-state index >= 15 is 0 Å². The summed E-state index contributed by atoms with van der Waals surface area (Å²) in [5, 5.41) is 21.5. The second kappa shape index (κ2) is 48.7. The van der Waals surface area contributed by atoms with Crippen LogP contribution in [0.2, 0.25) is 0 Å². The van der Waals surface area contributed by atoms with Crippen LogP contribution in [0.3, 0.4) is 0 Å². The third kappa shape index (κ3) is 50.0. The maximum Gasteiger partial charge on any atom is 0.335 e. The highest BCUT2D eigenvalue weighted by molar-refractivity contribution is 6.03. The van der Waals surface area contributed by atoms with Gasteiger partial charge in [-0.05, 0) is 269 Å². The highest BCUT2D eigenvalue weighted by Crippen LogP contribution is 2.28. The number of hydrogen-bond acceptors (Lipinski definition) is 15. The maximum absolute atomic E-state index is 13.1. The van der Waals surface area contributed by atoms with Crippen LogP contribution in [-0.2, 0) is 56.7 Å². The van der Waals surface area contributed by atoms with Gasteiger partial charge in [-0.25, -0.2) is 9.59 Å². The standard InChI is InChI=1S/C25H42N2O3.C24H40N2O3.C19H30N2O3.C19H29NO4.C17H25NO4/c1-23(2,3)16-26(10)21(28)19-12-18(15-30-25(7,8)9)13-20(14-19)22(29)27(11)17-24(4,5)6;1-22(2,3)15-25-20(27)18-11-17(14-29-24(7,8)9)12-19(13-18)21(28)26(10)16-23(4,5)6;1-18(2,3)12-21(7)17(23)15-9-13(11-24-19(4,5)6)8-14(10-15)16(20)22;1-18(2,3)12-20(7)16(21)14-8-13(11-24-19(4,5)6)9-15(10-14)17(22)23;1-6-18(7-2)15(19)13-8-12(11-22-17(3,4)5)9-14(10-13)16(20)21/h12-14H,15-17H2,1-11H3;11-13H,14-16H2,1-10H3,(H,25,27);8-10H,11-12H2,1-7H3,(H2,20,22);8-10H,11-12H2,1-7H3,(H,22,23);8-10H,6-7,11H2,1-5H3,(H,20,21). The number of benzene rings is 5. The molecule has 0 aliphatic rings. The molecule has 0 saturated heterocycles. The number of aromatic carboxylic acids is 2. The van der Waals surface area contributed by atoms with E-state index in [1.807, 2.05) is 163 Å². The number of nitrogens with two attached hydrogens (primary N) is 1. The summed E-state index contributed by atoms with van der Waals surface area (Å²) in [5.74, 6) is -3.59. The van der Waals surface area contributed by atoms with Crippen LogP contribution in [-0.4, -0.2) is 214 Å². The van der Waals surface area contributed by atoms with Crippen LogP contribution in [0.15, 0.2) is 91.0 Å². The Morgan fingerprint density at radius 1 is 0.271 bits per heavy atom. The fraction of sp³-hybridized carbons (Fsp3) is 0.615. The van der Waals surface area contributed by atoms with Gasteiger partial charge >= 0.3 is 11.9 Å². The Morgan fingerprint density at radius 3 is 0.636 bits per heavy atom. The second-order valence-electron chi connectivity index (χ2n) is 45.9. The molecule has 0 unspecified atom stereocenters. The van der Waals surface area contributed by atoms with Gasteiger partial charge in [0.1, 0.15) is 0 Å². The van der Waals surface area contributed by atoms with Crippen LogP contribution in [0.25, 0.3) is 0 Å². The van der Waals surface area contributed by atoms with Gasteiger partial charge in [0.2, 0.25) is 5.91 Å². The van der Waals surface area contributed by atoms with Crippen molar-refractivity contribution in [2.75, 3.05) is 87.6 Å². The summed E-state index contributed by atoms with van der Waals surface area (Å²) in [6.07, 6.45) is 0. The van der Waals surface area contributed by atoms with Crippen molar-refractivity contribution in [3.8, 4) is 0 Å². The molecule has 0 bridgehead atoms. The van der Waals surface area contributed by atoms with Crippen LogP contribution in [0.5, 0.6) is 0 Å². The monoisotopic (exact) mass is 1800 g/mol. The Hall–Kier alpha value is -9.40. The Balaban J connectivity index is 0.000000810. The van der Waals surface area contributed by atoms with Gasteiger partial charge in [-0.3, -0.25) is 38.4 Å². The summed E-state index contributed by atoms with van der Waals surface area (Å²) < 4.78 is 28.9. The Kier molecular flexibility index (Phi) is 44.4.